The first-order valence-electron chi connectivity index (χ1n) is 7.13. The van der Waals surface area contributed by atoms with Gasteiger partial charge in [0.25, 0.3) is 0 Å². The molecule has 2 heterocycles. The molecule has 1 aromatic heterocycles. The SMILES string of the molecule is CCCn1cc(C(NCC)C2OCCC2C)cn1. The van der Waals surface area contributed by atoms with Crippen LogP contribution in [0.2, 0.25) is 0 Å². The summed E-state index contributed by atoms with van der Waals surface area (Å²) in [7, 11) is 0. The van der Waals surface area contributed by atoms with Gasteiger partial charge in [0, 0.05) is 24.9 Å². The first kappa shape index (κ1) is 13.6. The van der Waals surface area contributed by atoms with E-state index in [-0.39, 0.29) is 12.1 Å². The summed E-state index contributed by atoms with van der Waals surface area (Å²) in [6, 6.07) is 0.276. The number of rotatable bonds is 6. The van der Waals surface area contributed by atoms with E-state index in [1.54, 1.807) is 0 Å². The van der Waals surface area contributed by atoms with Crippen LogP contribution in [0.25, 0.3) is 0 Å². The molecule has 1 fully saturated rings. The van der Waals surface area contributed by atoms with Gasteiger partial charge in [0.1, 0.15) is 0 Å². The van der Waals surface area contributed by atoms with E-state index in [0.717, 1.165) is 32.5 Å². The van der Waals surface area contributed by atoms with Crippen LogP contribution < -0.4 is 5.32 Å². The Morgan fingerprint density at radius 3 is 3.00 bits per heavy atom. The van der Waals surface area contributed by atoms with Crippen molar-refractivity contribution in [3.8, 4) is 0 Å². The summed E-state index contributed by atoms with van der Waals surface area (Å²) in [6.45, 7) is 9.42. The Morgan fingerprint density at radius 1 is 1.56 bits per heavy atom. The van der Waals surface area contributed by atoms with Crippen molar-refractivity contribution < 1.29 is 4.74 Å². The average Bonchev–Trinajstić information content (AvgIpc) is 2.96. The highest BCUT2D eigenvalue weighted by Crippen LogP contribution is 2.31. The van der Waals surface area contributed by atoms with Crippen LogP contribution in [0.4, 0.5) is 0 Å². The second-order valence-electron chi connectivity index (χ2n) is 5.17. The van der Waals surface area contributed by atoms with Gasteiger partial charge < -0.3 is 10.1 Å². The molecule has 0 aliphatic carbocycles. The maximum Gasteiger partial charge on any atom is 0.0797 e. The topological polar surface area (TPSA) is 39.1 Å². The third kappa shape index (κ3) is 2.93. The Balaban J connectivity index is 2.12. The Kier molecular flexibility index (Phi) is 4.78. The zero-order valence-corrected chi connectivity index (χ0v) is 11.7. The molecule has 0 aromatic carbocycles. The van der Waals surface area contributed by atoms with Crippen LogP contribution in [-0.2, 0) is 11.3 Å². The fourth-order valence-electron chi connectivity index (χ4n) is 2.68. The molecule has 1 aliphatic heterocycles. The van der Waals surface area contributed by atoms with Crippen LogP contribution >= 0.6 is 0 Å². The van der Waals surface area contributed by atoms with Crippen molar-refractivity contribution in [3.63, 3.8) is 0 Å². The Bertz CT molecular complexity index is 364. The number of aromatic nitrogens is 2. The lowest BCUT2D eigenvalue weighted by molar-refractivity contribution is 0.0612. The van der Waals surface area contributed by atoms with Crippen molar-refractivity contribution in [2.45, 2.75) is 52.3 Å². The number of aryl methyl sites for hydroxylation is 1. The van der Waals surface area contributed by atoms with E-state index in [4.69, 9.17) is 4.74 Å². The third-order valence-corrected chi connectivity index (χ3v) is 3.66. The molecule has 0 spiro atoms. The first-order valence-corrected chi connectivity index (χ1v) is 7.13. The summed E-state index contributed by atoms with van der Waals surface area (Å²) in [4.78, 5) is 0. The van der Waals surface area contributed by atoms with Gasteiger partial charge in [-0.3, -0.25) is 4.68 Å². The fraction of sp³-hybridized carbons (Fsp3) is 0.786. The number of likely N-dealkylation sites (N-methyl/N-ethyl adjacent to an activating group) is 1. The van der Waals surface area contributed by atoms with E-state index >= 15 is 0 Å². The van der Waals surface area contributed by atoms with E-state index < -0.39 is 0 Å². The highest BCUT2D eigenvalue weighted by molar-refractivity contribution is 5.13. The summed E-state index contributed by atoms with van der Waals surface area (Å²) in [5.41, 5.74) is 1.25. The number of nitrogens with one attached hydrogen (secondary N) is 1. The van der Waals surface area contributed by atoms with E-state index in [9.17, 15) is 0 Å². The van der Waals surface area contributed by atoms with Crippen LogP contribution in [0.3, 0.4) is 0 Å². The minimum absolute atomic E-state index is 0.276. The normalized spacial score (nSPS) is 25.5. The molecule has 4 nitrogen and oxygen atoms in total. The van der Waals surface area contributed by atoms with Gasteiger partial charge in [-0.05, 0) is 25.3 Å². The molecule has 0 radical (unpaired) electrons. The Hall–Kier alpha value is -0.870. The van der Waals surface area contributed by atoms with E-state index in [2.05, 4.69) is 37.4 Å². The molecular weight excluding hydrogens is 226 g/mol. The summed E-state index contributed by atoms with van der Waals surface area (Å²) in [6.07, 6.45) is 6.70. The molecule has 102 valence electrons. The van der Waals surface area contributed by atoms with Crippen LogP contribution in [0.15, 0.2) is 12.4 Å². The molecule has 1 aliphatic rings. The summed E-state index contributed by atoms with van der Waals surface area (Å²) < 4.78 is 7.93. The quantitative estimate of drug-likeness (QED) is 0.843. The molecule has 0 saturated carbocycles. The molecule has 4 heteroatoms. The van der Waals surface area contributed by atoms with Crippen molar-refractivity contribution in [3.05, 3.63) is 18.0 Å². The van der Waals surface area contributed by atoms with Crippen molar-refractivity contribution in [2.24, 2.45) is 5.92 Å². The van der Waals surface area contributed by atoms with Gasteiger partial charge in [-0.15, -0.1) is 0 Å². The van der Waals surface area contributed by atoms with Gasteiger partial charge in [0.15, 0.2) is 0 Å². The number of hydrogen-bond donors (Lipinski definition) is 1. The van der Waals surface area contributed by atoms with Gasteiger partial charge in [-0.1, -0.05) is 20.8 Å². The second kappa shape index (κ2) is 6.34. The Labute approximate surface area is 110 Å². The lowest BCUT2D eigenvalue weighted by atomic mass is 9.94. The number of nitrogens with zero attached hydrogens (tertiary/aromatic N) is 2. The van der Waals surface area contributed by atoms with E-state index in [0.29, 0.717) is 5.92 Å². The second-order valence-corrected chi connectivity index (χ2v) is 5.17. The molecule has 3 atom stereocenters. The zero-order valence-electron chi connectivity index (χ0n) is 11.7. The number of ether oxygens (including phenoxy) is 1. The minimum Gasteiger partial charge on any atom is -0.376 e. The minimum atomic E-state index is 0.276. The molecular formula is C14H25N3O. The van der Waals surface area contributed by atoms with Gasteiger partial charge >= 0.3 is 0 Å². The van der Waals surface area contributed by atoms with Crippen LogP contribution in [0.1, 0.15) is 45.2 Å². The van der Waals surface area contributed by atoms with Crippen molar-refractivity contribution >= 4 is 0 Å². The number of hydrogen-bond acceptors (Lipinski definition) is 3. The Morgan fingerprint density at radius 2 is 2.39 bits per heavy atom. The van der Waals surface area contributed by atoms with E-state index in [1.807, 2.05) is 10.9 Å². The third-order valence-electron chi connectivity index (χ3n) is 3.66. The van der Waals surface area contributed by atoms with Crippen LogP contribution in [-0.4, -0.2) is 29.0 Å². The molecule has 18 heavy (non-hydrogen) atoms. The standard InChI is InChI=1S/C14H25N3O/c1-4-7-17-10-12(9-16-17)13(15-5-2)14-11(3)6-8-18-14/h9-11,13-15H,4-8H2,1-3H3. The van der Waals surface area contributed by atoms with Gasteiger partial charge in [-0.2, -0.15) is 5.10 Å². The first-order chi connectivity index (χ1) is 8.76. The monoisotopic (exact) mass is 251 g/mol. The van der Waals surface area contributed by atoms with E-state index in [1.165, 1.54) is 5.56 Å². The molecule has 0 bridgehead atoms. The van der Waals surface area contributed by atoms with Crippen molar-refractivity contribution in [1.29, 1.82) is 0 Å². The van der Waals surface area contributed by atoms with Crippen molar-refractivity contribution in [1.82, 2.24) is 15.1 Å². The van der Waals surface area contributed by atoms with Gasteiger partial charge in [0.2, 0.25) is 0 Å². The molecule has 2 rings (SSSR count). The summed E-state index contributed by atoms with van der Waals surface area (Å²) in [5, 5.41) is 7.97. The van der Waals surface area contributed by atoms with Gasteiger partial charge in [0.05, 0.1) is 18.3 Å². The smallest absolute Gasteiger partial charge is 0.0797 e. The molecule has 1 N–H and O–H groups in total. The zero-order chi connectivity index (χ0) is 13.0. The maximum atomic E-state index is 5.90. The summed E-state index contributed by atoms with van der Waals surface area (Å²) in [5.74, 6) is 0.614. The molecule has 0 amide bonds. The predicted octanol–water partition coefficient (Wildman–Crippen LogP) is 2.37. The highest BCUT2D eigenvalue weighted by Gasteiger charge is 2.33. The van der Waals surface area contributed by atoms with Crippen LogP contribution in [0.5, 0.6) is 0 Å². The van der Waals surface area contributed by atoms with Crippen LogP contribution in [0, 0.1) is 5.92 Å². The lowest BCUT2D eigenvalue weighted by Crippen LogP contribution is -2.34. The average molecular weight is 251 g/mol. The predicted molar refractivity (Wildman–Crippen MR) is 72.5 cm³/mol. The molecule has 1 aromatic rings. The lowest BCUT2D eigenvalue weighted by Gasteiger charge is -2.26. The molecule has 1 saturated heterocycles. The van der Waals surface area contributed by atoms with Crippen molar-refractivity contribution in [2.75, 3.05) is 13.2 Å². The largest absolute Gasteiger partial charge is 0.376 e. The fourth-order valence-corrected chi connectivity index (χ4v) is 2.68. The van der Waals surface area contributed by atoms with Gasteiger partial charge in [-0.25, -0.2) is 0 Å². The maximum absolute atomic E-state index is 5.90. The highest BCUT2D eigenvalue weighted by atomic mass is 16.5. The molecule has 3 unspecified atom stereocenters. The summed E-state index contributed by atoms with van der Waals surface area (Å²) >= 11 is 0.